The molecule has 0 unspecified atom stereocenters. The van der Waals surface area contributed by atoms with Crippen molar-refractivity contribution in [2.24, 2.45) is 0 Å². The van der Waals surface area contributed by atoms with Crippen molar-refractivity contribution in [1.82, 2.24) is 4.57 Å². The molecule has 2 aromatic heterocycles. The molecule has 3 nitrogen and oxygen atoms in total. The first kappa shape index (κ1) is 34.7. The van der Waals surface area contributed by atoms with Crippen molar-refractivity contribution in [2.45, 2.75) is 5.41 Å². The summed E-state index contributed by atoms with van der Waals surface area (Å²) in [6.45, 7) is 0. The van der Waals surface area contributed by atoms with E-state index in [1.54, 1.807) is 0 Å². The molecule has 0 fully saturated rings. The molecule has 0 saturated carbocycles. The molecule has 0 bridgehead atoms. The number of rotatable bonds is 6. The van der Waals surface area contributed by atoms with E-state index in [1.807, 2.05) is 0 Å². The van der Waals surface area contributed by atoms with Gasteiger partial charge >= 0.3 is 0 Å². The summed E-state index contributed by atoms with van der Waals surface area (Å²) in [5.74, 6) is 0. The van der Waals surface area contributed by atoms with Crippen LogP contribution in [-0.2, 0) is 5.41 Å². The normalized spacial score (nSPS) is 13.0. The standard InChI is InChI=1S/C59H38N2O/c1-3-18-40(19-4-1)59(41-20-5-2-6-21-41)49-26-12-9-25-47(49)56-50(59)27-15-30-53(56)61(54-31-16-32-55-57(54)48-38-33-39-17-7-8-22-44(39)58(48)62-55)43-36-34-42(35-37-43)60-51-28-13-10-23-45(51)46-24-11-14-29-52(46)60/h1-38H. The Morgan fingerprint density at radius 1 is 0.403 bits per heavy atom. The van der Waals surface area contributed by atoms with E-state index < -0.39 is 5.41 Å². The van der Waals surface area contributed by atoms with Gasteiger partial charge in [-0.05, 0) is 93.9 Å². The molecule has 0 atom stereocenters. The topological polar surface area (TPSA) is 21.3 Å². The van der Waals surface area contributed by atoms with Gasteiger partial charge in [-0.3, -0.25) is 0 Å². The number of aromatic nitrogens is 1. The number of benzene rings is 10. The third-order valence-electron chi connectivity index (χ3n) is 13.3. The van der Waals surface area contributed by atoms with Crippen LogP contribution >= 0.6 is 0 Å². The van der Waals surface area contributed by atoms with E-state index in [0.29, 0.717) is 0 Å². The molecule has 1 aliphatic rings. The SMILES string of the molecule is c1ccc(C2(c3ccccc3)c3ccccc3-c3c(N(c4ccc(-n5c6ccccc6c6ccccc65)cc4)c4cccc5oc6c7ccccc7ccc6c45)cccc32)cc1. The number of fused-ring (bicyclic) bond motifs is 11. The Morgan fingerprint density at radius 3 is 1.71 bits per heavy atom. The van der Waals surface area contributed by atoms with Gasteiger partial charge in [-0.15, -0.1) is 0 Å². The Kier molecular flexibility index (Phi) is 7.52. The molecule has 0 spiro atoms. The molecule has 62 heavy (non-hydrogen) atoms. The summed E-state index contributed by atoms with van der Waals surface area (Å²) >= 11 is 0. The lowest BCUT2D eigenvalue weighted by Crippen LogP contribution is -2.28. The summed E-state index contributed by atoms with van der Waals surface area (Å²) in [5, 5.41) is 6.95. The molecular formula is C59H38N2O. The zero-order chi connectivity index (χ0) is 40.8. The zero-order valence-electron chi connectivity index (χ0n) is 33.7. The minimum Gasteiger partial charge on any atom is -0.455 e. The van der Waals surface area contributed by atoms with E-state index >= 15 is 0 Å². The lowest BCUT2D eigenvalue weighted by atomic mass is 9.68. The Labute approximate surface area is 359 Å². The van der Waals surface area contributed by atoms with Crippen molar-refractivity contribution in [1.29, 1.82) is 0 Å². The van der Waals surface area contributed by atoms with Crippen molar-refractivity contribution in [3.8, 4) is 16.8 Å². The molecule has 0 amide bonds. The smallest absolute Gasteiger partial charge is 0.143 e. The first-order valence-corrected chi connectivity index (χ1v) is 21.4. The maximum absolute atomic E-state index is 6.85. The Hall–Kier alpha value is -8.14. The molecule has 0 radical (unpaired) electrons. The van der Waals surface area contributed by atoms with E-state index in [-0.39, 0.29) is 0 Å². The van der Waals surface area contributed by atoms with E-state index in [2.05, 4.69) is 240 Å². The highest BCUT2D eigenvalue weighted by Crippen LogP contribution is 2.60. The first-order valence-electron chi connectivity index (χ1n) is 21.4. The zero-order valence-corrected chi connectivity index (χ0v) is 33.7. The van der Waals surface area contributed by atoms with E-state index in [1.165, 1.54) is 55.2 Å². The van der Waals surface area contributed by atoms with Gasteiger partial charge in [0.25, 0.3) is 0 Å². The quantitative estimate of drug-likeness (QED) is 0.167. The summed E-state index contributed by atoms with van der Waals surface area (Å²) in [6.07, 6.45) is 0. The van der Waals surface area contributed by atoms with Crippen LogP contribution in [0.25, 0.3) is 71.3 Å². The highest BCUT2D eigenvalue weighted by atomic mass is 16.3. The molecule has 290 valence electrons. The van der Waals surface area contributed by atoms with Gasteiger partial charge in [0.05, 0.1) is 33.2 Å². The lowest BCUT2D eigenvalue weighted by molar-refractivity contribution is 0.672. The minimum absolute atomic E-state index is 0.538. The first-order chi connectivity index (χ1) is 30.8. The molecule has 10 aromatic carbocycles. The third-order valence-corrected chi connectivity index (χ3v) is 13.3. The maximum Gasteiger partial charge on any atom is 0.143 e. The Bertz CT molecular complexity index is 3600. The van der Waals surface area contributed by atoms with Crippen LogP contribution in [0.15, 0.2) is 235 Å². The van der Waals surface area contributed by atoms with Crippen LogP contribution in [0.5, 0.6) is 0 Å². The van der Waals surface area contributed by atoms with Crippen LogP contribution < -0.4 is 4.90 Å². The molecule has 13 rings (SSSR count). The highest BCUT2D eigenvalue weighted by molar-refractivity contribution is 6.20. The van der Waals surface area contributed by atoms with E-state index in [9.17, 15) is 0 Å². The second-order valence-electron chi connectivity index (χ2n) is 16.4. The van der Waals surface area contributed by atoms with Crippen LogP contribution in [0.1, 0.15) is 22.3 Å². The fraction of sp³-hybridized carbons (Fsp3) is 0.0169. The lowest BCUT2D eigenvalue weighted by Gasteiger charge is -2.34. The van der Waals surface area contributed by atoms with Crippen molar-refractivity contribution < 1.29 is 4.42 Å². The van der Waals surface area contributed by atoms with E-state index in [0.717, 1.165) is 55.5 Å². The number of nitrogens with zero attached hydrogens (tertiary/aromatic N) is 2. The summed E-state index contributed by atoms with van der Waals surface area (Å²) in [6, 6.07) is 84.0. The van der Waals surface area contributed by atoms with Crippen molar-refractivity contribution in [2.75, 3.05) is 4.90 Å². The summed E-state index contributed by atoms with van der Waals surface area (Å²) in [7, 11) is 0. The summed E-state index contributed by atoms with van der Waals surface area (Å²) < 4.78 is 9.23. The fourth-order valence-corrected chi connectivity index (χ4v) is 10.7. The average molecular weight is 791 g/mol. The number of para-hydroxylation sites is 2. The van der Waals surface area contributed by atoms with Gasteiger partial charge in [0.15, 0.2) is 0 Å². The number of hydrogen-bond acceptors (Lipinski definition) is 2. The second-order valence-corrected chi connectivity index (χ2v) is 16.4. The molecular weight excluding hydrogens is 753 g/mol. The van der Waals surface area contributed by atoms with Crippen molar-refractivity contribution >= 4 is 71.6 Å². The van der Waals surface area contributed by atoms with Gasteiger partial charge in [-0.2, -0.15) is 0 Å². The molecule has 0 N–H and O–H groups in total. The third kappa shape index (κ3) is 4.82. The van der Waals surface area contributed by atoms with E-state index in [4.69, 9.17) is 4.42 Å². The molecule has 3 heteroatoms. The maximum atomic E-state index is 6.85. The molecule has 0 aliphatic heterocycles. The highest BCUT2D eigenvalue weighted by Gasteiger charge is 2.47. The predicted molar refractivity (Wildman–Crippen MR) is 258 cm³/mol. The van der Waals surface area contributed by atoms with Crippen LogP contribution in [0.4, 0.5) is 17.1 Å². The van der Waals surface area contributed by atoms with Crippen LogP contribution in [-0.4, -0.2) is 4.57 Å². The Morgan fingerprint density at radius 2 is 0.984 bits per heavy atom. The van der Waals surface area contributed by atoms with Crippen molar-refractivity contribution in [3.05, 3.63) is 253 Å². The summed E-state index contributed by atoms with van der Waals surface area (Å²) in [4.78, 5) is 2.48. The van der Waals surface area contributed by atoms with Gasteiger partial charge in [-0.25, -0.2) is 0 Å². The van der Waals surface area contributed by atoms with Gasteiger partial charge in [0.2, 0.25) is 0 Å². The molecule has 2 heterocycles. The van der Waals surface area contributed by atoms with Gasteiger partial charge in [0, 0.05) is 38.5 Å². The van der Waals surface area contributed by atoms with Gasteiger partial charge in [-0.1, -0.05) is 170 Å². The second kappa shape index (κ2) is 13.4. The number of anilines is 3. The monoisotopic (exact) mass is 790 g/mol. The van der Waals surface area contributed by atoms with Gasteiger partial charge in [0.1, 0.15) is 11.2 Å². The fourth-order valence-electron chi connectivity index (χ4n) is 10.7. The minimum atomic E-state index is -0.538. The number of hydrogen-bond donors (Lipinski definition) is 0. The number of furan rings is 1. The molecule has 1 aliphatic carbocycles. The van der Waals surface area contributed by atoms with Crippen LogP contribution in [0, 0.1) is 0 Å². The Balaban J connectivity index is 1.11. The van der Waals surface area contributed by atoms with Crippen molar-refractivity contribution in [3.63, 3.8) is 0 Å². The van der Waals surface area contributed by atoms with Gasteiger partial charge < -0.3 is 13.9 Å². The largest absolute Gasteiger partial charge is 0.455 e. The summed E-state index contributed by atoms with van der Waals surface area (Å²) in [5.41, 5.74) is 15.4. The average Bonchev–Trinajstić information content (AvgIpc) is 4.00. The molecule has 0 saturated heterocycles. The van der Waals surface area contributed by atoms with Crippen LogP contribution in [0.2, 0.25) is 0 Å². The predicted octanol–water partition coefficient (Wildman–Crippen LogP) is 15.7. The molecule has 12 aromatic rings. The van der Waals surface area contributed by atoms with Crippen LogP contribution in [0.3, 0.4) is 0 Å².